The van der Waals surface area contributed by atoms with Crippen LogP contribution in [0.1, 0.15) is 30.9 Å². The van der Waals surface area contributed by atoms with Gasteiger partial charge in [-0.25, -0.2) is 0 Å². The second-order valence-corrected chi connectivity index (χ2v) is 5.13. The molecule has 0 spiro atoms. The lowest BCUT2D eigenvalue weighted by atomic mass is 9.85. The third-order valence-corrected chi connectivity index (χ3v) is 3.75. The quantitative estimate of drug-likeness (QED) is 0.892. The first-order chi connectivity index (χ1) is 8.85. The lowest BCUT2D eigenvalue weighted by Crippen LogP contribution is -2.42. The first-order valence-corrected chi connectivity index (χ1v) is 6.34. The van der Waals surface area contributed by atoms with Gasteiger partial charge < -0.3 is 10.1 Å². The summed E-state index contributed by atoms with van der Waals surface area (Å²) in [6, 6.07) is 5.60. The van der Waals surface area contributed by atoms with Gasteiger partial charge in [0.1, 0.15) is 0 Å². The van der Waals surface area contributed by atoms with Crippen LogP contribution in [0.2, 0.25) is 0 Å². The van der Waals surface area contributed by atoms with Crippen molar-refractivity contribution in [2.45, 2.75) is 37.6 Å². The Morgan fingerprint density at radius 1 is 1.26 bits per heavy atom. The van der Waals surface area contributed by atoms with Crippen molar-refractivity contribution >= 4 is 0 Å². The van der Waals surface area contributed by atoms with Gasteiger partial charge in [-0.3, -0.25) is 0 Å². The van der Waals surface area contributed by atoms with E-state index < -0.39 is 17.3 Å². The van der Waals surface area contributed by atoms with Crippen LogP contribution in [0, 0.1) is 0 Å². The van der Waals surface area contributed by atoms with Crippen LogP contribution < -0.4 is 5.32 Å². The van der Waals surface area contributed by atoms with Gasteiger partial charge in [-0.1, -0.05) is 12.1 Å². The predicted molar refractivity (Wildman–Crippen MR) is 66.8 cm³/mol. The Bertz CT molecular complexity index is 429. The van der Waals surface area contributed by atoms with Crippen LogP contribution in [0.25, 0.3) is 0 Å². The molecule has 5 heteroatoms. The van der Waals surface area contributed by atoms with Crippen molar-refractivity contribution in [1.82, 2.24) is 5.32 Å². The lowest BCUT2D eigenvalue weighted by Gasteiger charge is -2.38. The maximum atomic E-state index is 12.5. The molecule has 1 N–H and O–H groups in total. The molecule has 0 aliphatic carbocycles. The fourth-order valence-electron chi connectivity index (χ4n) is 2.52. The van der Waals surface area contributed by atoms with Crippen LogP contribution in [0.15, 0.2) is 24.3 Å². The largest absolute Gasteiger partial charge is 0.416 e. The second kappa shape index (κ2) is 5.13. The zero-order valence-electron chi connectivity index (χ0n) is 11.1. The molecule has 0 bridgehead atoms. The van der Waals surface area contributed by atoms with Gasteiger partial charge in [0.05, 0.1) is 11.2 Å². The standard InChI is InChI=1S/C14H18F3NO/c1-13(9-12(18-2)7-8-19-13)10-3-5-11(6-4-10)14(15,16)17/h3-6,12,18H,7-9H2,1-2H3. The summed E-state index contributed by atoms with van der Waals surface area (Å²) in [5, 5.41) is 3.20. The number of hydrogen-bond acceptors (Lipinski definition) is 2. The molecule has 1 fully saturated rings. The summed E-state index contributed by atoms with van der Waals surface area (Å²) < 4.78 is 43.4. The zero-order valence-corrected chi connectivity index (χ0v) is 11.1. The van der Waals surface area contributed by atoms with Crippen LogP contribution in [0.5, 0.6) is 0 Å². The fourth-order valence-corrected chi connectivity index (χ4v) is 2.52. The third kappa shape index (κ3) is 3.09. The maximum Gasteiger partial charge on any atom is 0.416 e. The smallest absolute Gasteiger partial charge is 0.370 e. The molecular weight excluding hydrogens is 255 g/mol. The first-order valence-electron chi connectivity index (χ1n) is 6.34. The Labute approximate surface area is 111 Å². The van der Waals surface area contributed by atoms with Crippen molar-refractivity contribution in [1.29, 1.82) is 0 Å². The van der Waals surface area contributed by atoms with E-state index in [0.717, 1.165) is 30.5 Å². The molecular formula is C14H18F3NO. The summed E-state index contributed by atoms with van der Waals surface area (Å²) in [6.07, 6.45) is -2.61. The van der Waals surface area contributed by atoms with Crippen molar-refractivity contribution in [2.75, 3.05) is 13.7 Å². The number of alkyl halides is 3. The highest BCUT2D eigenvalue weighted by atomic mass is 19.4. The minimum atomic E-state index is -4.29. The molecule has 1 aliphatic heterocycles. The Morgan fingerprint density at radius 2 is 1.89 bits per heavy atom. The Kier molecular flexibility index (Phi) is 3.87. The lowest BCUT2D eigenvalue weighted by molar-refractivity contribution is -0.137. The normalized spacial score (nSPS) is 28.4. The van der Waals surface area contributed by atoms with Gasteiger partial charge in [0.2, 0.25) is 0 Å². The molecule has 1 aromatic rings. The highest BCUT2D eigenvalue weighted by molar-refractivity contribution is 5.29. The van der Waals surface area contributed by atoms with Gasteiger partial charge in [0.15, 0.2) is 0 Å². The molecule has 2 nitrogen and oxygen atoms in total. The fraction of sp³-hybridized carbons (Fsp3) is 0.571. The van der Waals surface area contributed by atoms with Crippen LogP contribution in [0.3, 0.4) is 0 Å². The van der Waals surface area contributed by atoms with Gasteiger partial charge in [-0.2, -0.15) is 13.2 Å². The summed E-state index contributed by atoms with van der Waals surface area (Å²) >= 11 is 0. The Morgan fingerprint density at radius 3 is 2.42 bits per heavy atom. The SMILES string of the molecule is CNC1CCOC(C)(c2ccc(C(F)(F)F)cc2)C1. The van der Waals surface area contributed by atoms with E-state index in [9.17, 15) is 13.2 Å². The molecule has 1 aliphatic rings. The second-order valence-electron chi connectivity index (χ2n) is 5.13. The number of benzene rings is 1. The molecule has 2 unspecified atom stereocenters. The molecule has 106 valence electrons. The molecule has 2 atom stereocenters. The van der Waals surface area contributed by atoms with Gasteiger partial charge in [0.25, 0.3) is 0 Å². The van der Waals surface area contributed by atoms with E-state index in [1.165, 1.54) is 12.1 Å². The van der Waals surface area contributed by atoms with Gasteiger partial charge in [-0.15, -0.1) is 0 Å². The molecule has 0 amide bonds. The van der Waals surface area contributed by atoms with E-state index in [0.29, 0.717) is 12.6 Å². The summed E-state index contributed by atoms with van der Waals surface area (Å²) in [5.41, 5.74) is -0.350. The topological polar surface area (TPSA) is 21.3 Å². The Hall–Kier alpha value is -1.07. The number of nitrogens with one attached hydrogen (secondary N) is 1. The van der Waals surface area contributed by atoms with E-state index >= 15 is 0 Å². The molecule has 1 heterocycles. The molecule has 1 aromatic carbocycles. The van der Waals surface area contributed by atoms with Gasteiger partial charge in [-0.05, 0) is 44.5 Å². The molecule has 0 aromatic heterocycles. The van der Waals surface area contributed by atoms with E-state index in [2.05, 4.69) is 5.32 Å². The number of ether oxygens (including phenoxy) is 1. The molecule has 1 saturated heterocycles. The average molecular weight is 273 g/mol. The summed E-state index contributed by atoms with van der Waals surface area (Å²) in [4.78, 5) is 0. The van der Waals surface area contributed by atoms with Crippen molar-refractivity contribution in [3.05, 3.63) is 35.4 Å². The van der Waals surface area contributed by atoms with E-state index in [-0.39, 0.29) is 0 Å². The van der Waals surface area contributed by atoms with Crippen molar-refractivity contribution in [3.63, 3.8) is 0 Å². The monoisotopic (exact) mass is 273 g/mol. The van der Waals surface area contributed by atoms with Crippen LogP contribution in [-0.4, -0.2) is 19.7 Å². The van der Waals surface area contributed by atoms with Crippen LogP contribution >= 0.6 is 0 Å². The molecule has 19 heavy (non-hydrogen) atoms. The van der Waals surface area contributed by atoms with E-state index in [1.54, 1.807) is 0 Å². The van der Waals surface area contributed by atoms with Crippen LogP contribution in [0.4, 0.5) is 13.2 Å². The van der Waals surface area contributed by atoms with Crippen molar-refractivity contribution < 1.29 is 17.9 Å². The summed E-state index contributed by atoms with van der Waals surface area (Å²) in [5.74, 6) is 0. The van der Waals surface area contributed by atoms with Gasteiger partial charge in [0, 0.05) is 12.6 Å². The van der Waals surface area contributed by atoms with Crippen LogP contribution in [-0.2, 0) is 16.5 Å². The van der Waals surface area contributed by atoms with E-state index in [4.69, 9.17) is 4.74 Å². The van der Waals surface area contributed by atoms with Crippen molar-refractivity contribution in [3.8, 4) is 0 Å². The van der Waals surface area contributed by atoms with Gasteiger partial charge >= 0.3 is 6.18 Å². The van der Waals surface area contributed by atoms with Crippen molar-refractivity contribution in [2.24, 2.45) is 0 Å². The number of rotatable bonds is 2. The number of hydrogen-bond donors (Lipinski definition) is 1. The molecule has 0 radical (unpaired) electrons. The average Bonchev–Trinajstić information content (AvgIpc) is 2.38. The third-order valence-electron chi connectivity index (χ3n) is 3.75. The maximum absolute atomic E-state index is 12.5. The minimum absolute atomic E-state index is 0.334. The first kappa shape index (κ1) is 14.3. The Balaban J connectivity index is 2.21. The minimum Gasteiger partial charge on any atom is -0.370 e. The summed E-state index contributed by atoms with van der Waals surface area (Å²) in [7, 11) is 1.89. The van der Waals surface area contributed by atoms with E-state index in [1.807, 2.05) is 14.0 Å². The number of halogens is 3. The highest BCUT2D eigenvalue weighted by Gasteiger charge is 2.35. The summed E-state index contributed by atoms with van der Waals surface area (Å²) in [6.45, 7) is 2.54. The highest BCUT2D eigenvalue weighted by Crippen LogP contribution is 2.36. The zero-order chi connectivity index (χ0) is 14.1. The molecule has 0 saturated carbocycles. The predicted octanol–water partition coefficient (Wildman–Crippen LogP) is 3.32. The molecule has 2 rings (SSSR count).